The lowest BCUT2D eigenvalue weighted by molar-refractivity contribution is 0.266. The van der Waals surface area contributed by atoms with Gasteiger partial charge in [0.2, 0.25) is 0 Å². The number of hydrogen-bond donors (Lipinski definition) is 0. The van der Waals surface area contributed by atoms with E-state index in [2.05, 4.69) is 11.1 Å². The van der Waals surface area contributed by atoms with Crippen LogP contribution in [0, 0.1) is 19.7 Å². The van der Waals surface area contributed by atoms with Gasteiger partial charge in [0, 0.05) is 5.56 Å². The van der Waals surface area contributed by atoms with Gasteiger partial charge >= 0.3 is 0 Å². The summed E-state index contributed by atoms with van der Waals surface area (Å²) in [5, 5.41) is 0. The SMILES string of the molecule is CCOc1cc(/C=c2\sc3nc4c(C)cc(C)cc4n3c2=O)ccc1OCc1ccccc1F. The van der Waals surface area contributed by atoms with Crippen molar-refractivity contribution in [2.24, 2.45) is 0 Å². The molecule has 34 heavy (non-hydrogen) atoms. The summed E-state index contributed by atoms with van der Waals surface area (Å²) in [7, 11) is 0. The van der Waals surface area contributed by atoms with E-state index in [1.54, 1.807) is 28.7 Å². The van der Waals surface area contributed by atoms with E-state index in [0.717, 1.165) is 27.7 Å². The lowest BCUT2D eigenvalue weighted by Crippen LogP contribution is -2.22. The fraction of sp³-hybridized carbons (Fsp3) is 0.185. The molecule has 0 spiro atoms. The average Bonchev–Trinajstić information content (AvgIpc) is 3.31. The van der Waals surface area contributed by atoms with Gasteiger partial charge in [-0.2, -0.15) is 0 Å². The van der Waals surface area contributed by atoms with E-state index < -0.39 is 0 Å². The summed E-state index contributed by atoms with van der Waals surface area (Å²) < 4.78 is 27.8. The number of benzene rings is 3. The van der Waals surface area contributed by atoms with Gasteiger partial charge in [0.25, 0.3) is 5.56 Å². The maximum Gasteiger partial charge on any atom is 0.274 e. The first kappa shape index (κ1) is 22.1. The highest BCUT2D eigenvalue weighted by Crippen LogP contribution is 2.30. The summed E-state index contributed by atoms with van der Waals surface area (Å²) in [5.74, 6) is 0.745. The Morgan fingerprint density at radius 2 is 1.88 bits per heavy atom. The fourth-order valence-electron chi connectivity index (χ4n) is 4.03. The highest BCUT2D eigenvalue weighted by molar-refractivity contribution is 7.15. The number of thiazole rings is 1. The molecule has 172 valence electrons. The zero-order valence-electron chi connectivity index (χ0n) is 19.1. The molecule has 3 aromatic carbocycles. The van der Waals surface area contributed by atoms with Gasteiger partial charge in [0.15, 0.2) is 16.5 Å². The molecule has 0 atom stereocenters. The Hall–Kier alpha value is -3.71. The molecule has 0 aliphatic rings. The molecule has 0 radical (unpaired) electrons. The first-order valence-electron chi connectivity index (χ1n) is 11.0. The van der Waals surface area contributed by atoms with Crippen LogP contribution < -0.4 is 19.6 Å². The summed E-state index contributed by atoms with van der Waals surface area (Å²) in [4.78, 5) is 18.6. The molecule has 0 aliphatic heterocycles. The van der Waals surface area contributed by atoms with Crippen molar-refractivity contribution in [2.45, 2.75) is 27.4 Å². The van der Waals surface area contributed by atoms with Crippen LogP contribution >= 0.6 is 11.3 Å². The van der Waals surface area contributed by atoms with Gasteiger partial charge in [0.1, 0.15) is 12.4 Å². The summed E-state index contributed by atoms with van der Waals surface area (Å²) in [6.07, 6.45) is 1.83. The van der Waals surface area contributed by atoms with E-state index in [4.69, 9.17) is 9.47 Å². The third-order valence-corrected chi connectivity index (χ3v) is 6.55. The average molecular weight is 475 g/mol. The molecule has 0 saturated carbocycles. The van der Waals surface area contributed by atoms with Crippen LogP contribution in [0.15, 0.2) is 59.4 Å². The van der Waals surface area contributed by atoms with Crippen molar-refractivity contribution in [1.29, 1.82) is 0 Å². The Labute approximate surface area is 199 Å². The largest absolute Gasteiger partial charge is 0.490 e. The van der Waals surface area contributed by atoms with Crippen LogP contribution in [-0.2, 0) is 6.61 Å². The normalized spacial score (nSPS) is 12.1. The molecular formula is C27H23FN2O3S. The van der Waals surface area contributed by atoms with Crippen molar-refractivity contribution in [2.75, 3.05) is 6.61 Å². The van der Waals surface area contributed by atoms with Gasteiger partial charge in [-0.1, -0.05) is 41.7 Å². The number of fused-ring (bicyclic) bond motifs is 3. The molecule has 0 fully saturated rings. The molecule has 5 aromatic rings. The van der Waals surface area contributed by atoms with E-state index in [0.29, 0.717) is 33.2 Å². The zero-order chi connectivity index (χ0) is 23.8. The van der Waals surface area contributed by atoms with Gasteiger partial charge in [-0.05, 0) is 67.8 Å². The van der Waals surface area contributed by atoms with Gasteiger partial charge in [-0.3, -0.25) is 4.79 Å². The van der Waals surface area contributed by atoms with Crippen molar-refractivity contribution in [3.8, 4) is 11.5 Å². The minimum Gasteiger partial charge on any atom is -0.490 e. The van der Waals surface area contributed by atoms with Crippen molar-refractivity contribution < 1.29 is 13.9 Å². The topological polar surface area (TPSA) is 52.8 Å². The van der Waals surface area contributed by atoms with E-state index in [-0.39, 0.29) is 18.0 Å². The van der Waals surface area contributed by atoms with Crippen LogP contribution in [0.4, 0.5) is 4.39 Å². The second-order valence-electron chi connectivity index (χ2n) is 8.11. The van der Waals surface area contributed by atoms with Crippen LogP contribution in [0.5, 0.6) is 11.5 Å². The molecule has 0 saturated heterocycles. The molecule has 0 amide bonds. The van der Waals surface area contributed by atoms with Crippen LogP contribution in [0.2, 0.25) is 0 Å². The first-order valence-corrected chi connectivity index (χ1v) is 11.8. The highest BCUT2D eigenvalue weighted by Gasteiger charge is 2.14. The highest BCUT2D eigenvalue weighted by atomic mass is 32.1. The lowest BCUT2D eigenvalue weighted by Gasteiger charge is -2.13. The molecule has 0 aliphatic carbocycles. The summed E-state index contributed by atoms with van der Waals surface area (Å²) in [5.41, 5.74) is 5.02. The molecule has 0 unspecified atom stereocenters. The van der Waals surface area contributed by atoms with E-state index in [9.17, 15) is 9.18 Å². The minimum atomic E-state index is -0.311. The number of hydrogen-bond acceptors (Lipinski definition) is 5. The number of imidazole rings is 1. The minimum absolute atomic E-state index is 0.0918. The third-order valence-electron chi connectivity index (χ3n) is 5.59. The van der Waals surface area contributed by atoms with Crippen molar-refractivity contribution in [3.63, 3.8) is 0 Å². The molecule has 0 bridgehead atoms. The van der Waals surface area contributed by atoms with Gasteiger partial charge < -0.3 is 9.47 Å². The third kappa shape index (κ3) is 4.03. The number of halogens is 1. The smallest absolute Gasteiger partial charge is 0.274 e. The molecular weight excluding hydrogens is 451 g/mol. The van der Waals surface area contributed by atoms with Crippen LogP contribution in [-0.4, -0.2) is 16.0 Å². The molecule has 7 heteroatoms. The van der Waals surface area contributed by atoms with Gasteiger partial charge in [-0.25, -0.2) is 13.8 Å². The van der Waals surface area contributed by atoms with Gasteiger partial charge in [-0.15, -0.1) is 0 Å². The second-order valence-corrected chi connectivity index (χ2v) is 9.12. The van der Waals surface area contributed by atoms with E-state index in [1.807, 2.05) is 45.0 Å². The Balaban J connectivity index is 1.52. The predicted octanol–water partition coefficient (Wildman–Crippen LogP) is 5.19. The molecule has 2 aromatic heterocycles. The van der Waals surface area contributed by atoms with Crippen molar-refractivity contribution >= 4 is 33.4 Å². The number of rotatable bonds is 6. The Kier molecular flexibility index (Phi) is 5.79. The van der Waals surface area contributed by atoms with Crippen LogP contribution in [0.25, 0.3) is 22.1 Å². The maximum absolute atomic E-state index is 13.9. The summed E-state index contributed by atoms with van der Waals surface area (Å²) in [6, 6.07) is 16.0. The van der Waals surface area contributed by atoms with Crippen molar-refractivity contribution in [3.05, 3.63) is 97.6 Å². The quantitative estimate of drug-likeness (QED) is 0.340. The second kappa shape index (κ2) is 8.91. The Bertz CT molecular complexity index is 1640. The number of nitrogens with zero attached hydrogens (tertiary/aromatic N) is 2. The first-order chi connectivity index (χ1) is 16.4. The Morgan fingerprint density at radius 3 is 2.68 bits per heavy atom. The summed E-state index contributed by atoms with van der Waals surface area (Å²) >= 11 is 1.36. The lowest BCUT2D eigenvalue weighted by atomic mass is 10.1. The van der Waals surface area contributed by atoms with Gasteiger partial charge in [0.05, 0.1) is 22.2 Å². The van der Waals surface area contributed by atoms with Crippen LogP contribution in [0.1, 0.15) is 29.2 Å². The molecule has 5 rings (SSSR count). The number of aromatic nitrogens is 2. The molecule has 0 N–H and O–H groups in total. The molecule has 5 nitrogen and oxygen atoms in total. The Morgan fingerprint density at radius 1 is 1.06 bits per heavy atom. The van der Waals surface area contributed by atoms with Crippen molar-refractivity contribution in [1.82, 2.24) is 9.38 Å². The zero-order valence-corrected chi connectivity index (χ0v) is 19.9. The standard InChI is InChI=1S/C27H23FN2O3S/c1-4-32-23-13-18(9-10-22(23)33-15-19-7-5-6-8-20(19)28)14-24-26(31)30-21-12-16(2)11-17(3)25(21)29-27(30)34-24/h5-14H,4,15H2,1-3H3/b24-14-. The fourth-order valence-corrected chi connectivity index (χ4v) is 5.01. The maximum atomic E-state index is 13.9. The molecule has 2 heterocycles. The monoisotopic (exact) mass is 474 g/mol. The number of ether oxygens (including phenoxy) is 2. The number of aryl methyl sites for hydroxylation is 2. The van der Waals surface area contributed by atoms with E-state index >= 15 is 0 Å². The predicted molar refractivity (Wildman–Crippen MR) is 133 cm³/mol. The van der Waals surface area contributed by atoms with Crippen LogP contribution in [0.3, 0.4) is 0 Å². The summed E-state index contributed by atoms with van der Waals surface area (Å²) in [6.45, 7) is 6.45. The van der Waals surface area contributed by atoms with E-state index in [1.165, 1.54) is 17.4 Å².